The van der Waals surface area contributed by atoms with Gasteiger partial charge in [0.2, 0.25) is 0 Å². The Labute approximate surface area is 185 Å². The van der Waals surface area contributed by atoms with Gasteiger partial charge in [0.25, 0.3) is 5.91 Å². The van der Waals surface area contributed by atoms with Crippen molar-refractivity contribution in [2.75, 3.05) is 6.54 Å². The number of amides is 1. The van der Waals surface area contributed by atoms with E-state index in [0.717, 1.165) is 28.9 Å². The van der Waals surface area contributed by atoms with Gasteiger partial charge in [-0.15, -0.1) is 6.42 Å². The fraction of sp³-hybridized carbons (Fsp3) is 0.296. The summed E-state index contributed by atoms with van der Waals surface area (Å²) in [4.78, 5) is 12.7. The minimum absolute atomic E-state index is 0.156. The zero-order chi connectivity index (χ0) is 22.2. The van der Waals surface area contributed by atoms with Crippen LogP contribution in [-0.4, -0.2) is 18.5 Å². The second kappa shape index (κ2) is 10.4. The Bertz CT molecular complexity index is 1050. The Kier molecular flexibility index (Phi) is 7.41. The first-order chi connectivity index (χ1) is 15.0. The largest absolute Gasteiger partial charge is 0.481 e. The quantitative estimate of drug-likeness (QED) is 0.541. The maximum atomic E-state index is 12.7. The van der Waals surface area contributed by atoms with Gasteiger partial charge in [0.05, 0.1) is 6.04 Å². The van der Waals surface area contributed by atoms with E-state index in [-0.39, 0.29) is 24.0 Å². The van der Waals surface area contributed by atoms with Gasteiger partial charge in [-0.05, 0) is 41.3 Å². The van der Waals surface area contributed by atoms with Crippen molar-refractivity contribution in [1.82, 2.24) is 10.6 Å². The van der Waals surface area contributed by atoms with Gasteiger partial charge in [-0.3, -0.25) is 4.79 Å². The minimum Gasteiger partial charge on any atom is -0.481 e. The number of carbonyl (C=O) groups is 1. The Hall–Kier alpha value is -3.63. The predicted octanol–water partition coefficient (Wildman–Crippen LogP) is 4.55. The van der Waals surface area contributed by atoms with Crippen LogP contribution in [0.15, 0.2) is 54.1 Å². The highest BCUT2D eigenvalue weighted by Gasteiger charge is 2.25. The summed E-state index contributed by atoms with van der Waals surface area (Å²) in [6.45, 7) is 6.55. The van der Waals surface area contributed by atoms with Crippen molar-refractivity contribution in [2.45, 2.75) is 39.3 Å². The van der Waals surface area contributed by atoms with E-state index in [1.54, 1.807) is 6.07 Å². The van der Waals surface area contributed by atoms with Crippen LogP contribution in [0.25, 0.3) is 6.08 Å². The summed E-state index contributed by atoms with van der Waals surface area (Å²) in [5.41, 5.74) is 3.53. The van der Waals surface area contributed by atoms with Gasteiger partial charge in [-0.2, -0.15) is 0 Å². The van der Waals surface area contributed by atoms with Crippen molar-refractivity contribution in [1.29, 1.82) is 0 Å². The van der Waals surface area contributed by atoms with Crippen LogP contribution in [-0.2, 0) is 0 Å². The van der Waals surface area contributed by atoms with Crippen LogP contribution >= 0.6 is 0 Å². The van der Waals surface area contributed by atoms with Gasteiger partial charge in [-0.1, -0.05) is 62.9 Å². The zero-order valence-electron chi connectivity index (χ0n) is 18.2. The summed E-state index contributed by atoms with van der Waals surface area (Å²) in [6.07, 6.45) is 8.21. The van der Waals surface area contributed by atoms with Gasteiger partial charge in [0.1, 0.15) is 11.9 Å². The summed E-state index contributed by atoms with van der Waals surface area (Å²) in [5, 5.41) is 6.08. The molecule has 4 heteroatoms. The molecule has 0 bridgehead atoms. The normalized spacial score (nSPS) is 15.3. The van der Waals surface area contributed by atoms with Crippen LogP contribution in [0.1, 0.15) is 54.8 Å². The summed E-state index contributed by atoms with van der Waals surface area (Å²) >= 11 is 0. The molecule has 1 amide bonds. The van der Waals surface area contributed by atoms with E-state index in [1.807, 2.05) is 51.1 Å². The fourth-order valence-electron chi connectivity index (χ4n) is 3.36. The first kappa shape index (κ1) is 22.1. The van der Waals surface area contributed by atoms with Crippen molar-refractivity contribution in [2.24, 2.45) is 5.92 Å². The lowest BCUT2D eigenvalue weighted by Crippen LogP contribution is -2.37. The molecule has 2 unspecified atom stereocenters. The maximum absolute atomic E-state index is 12.7. The Morgan fingerprint density at radius 1 is 1.19 bits per heavy atom. The number of hydrogen-bond donors (Lipinski definition) is 2. The van der Waals surface area contributed by atoms with Crippen molar-refractivity contribution < 1.29 is 9.53 Å². The predicted molar refractivity (Wildman–Crippen MR) is 125 cm³/mol. The fourth-order valence-corrected chi connectivity index (χ4v) is 3.36. The number of benzene rings is 2. The van der Waals surface area contributed by atoms with Crippen molar-refractivity contribution in [3.63, 3.8) is 0 Å². The molecule has 2 aromatic carbocycles. The highest BCUT2D eigenvalue weighted by Crippen LogP contribution is 2.37. The van der Waals surface area contributed by atoms with Crippen LogP contribution in [0.3, 0.4) is 0 Å². The first-order valence-corrected chi connectivity index (χ1v) is 10.6. The molecule has 0 radical (unpaired) electrons. The molecule has 0 aromatic heterocycles. The minimum atomic E-state index is -0.310. The molecule has 0 saturated carbocycles. The second-order valence-electron chi connectivity index (χ2n) is 7.75. The van der Waals surface area contributed by atoms with Crippen LogP contribution in [0.5, 0.6) is 5.75 Å². The van der Waals surface area contributed by atoms with Crippen molar-refractivity contribution >= 4 is 12.0 Å². The summed E-state index contributed by atoms with van der Waals surface area (Å²) in [6, 6.07) is 18.2. The van der Waals surface area contributed by atoms with E-state index in [9.17, 15) is 4.79 Å². The number of terminal acetylenes is 1. The van der Waals surface area contributed by atoms with E-state index in [4.69, 9.17) is 11.2 Å². The molecule has 0 saturated heterocycles. The van der Waals surface area contributed by atoms with E-state index in [0.29, 0.717) is 12.1 Å². The molecule has 1 aliphatic rings. The molecule has 0 fully saturated rings. The molecular formula is C27H28N2O2. The van der Waals surface area contributed by atoms with Gasteiger partial charge in [0.15, 0.2) is 0 Å². The molecule has 2 N–H and O–H groups in total. The monoisotopic (exact) mass is 412 g/mol. The van der Waals surface area contributed by atoms with E-state index < -0.39 is 0 Å². The smallest absolute Gasteiger partial charge is 0.252 e. The Morgan fingerprint density at radius 2 is 1.97 bits per heavy atom. The van der Waals surface area contributed by atoms with E-state index in [2.05, 4.69) is 46.7 Å². The Morgan fingerprint density at radius 3 is 2.65 bits per heavy atom. The van der Waals surface area contributed by atoms with Gasteiger partial charge in [-0.25, -0.2) is 0 Å². The number of ether oxygens (including phenoxy) is 1. The lowest BCUT2D eigenvalue weighted by atomic mass is 9.95. The summed E-state index contributed by atoms with van der Waals surface area (Å²) < 4.78 is 6.34. The molecule has 158 valence electrons. The van der Waals surface area contributed by atoms with Crippen LogP contribution in [0.4, 0.5) is 0 Å². The number of nitrogens with one attached hydrogen (secondary N) is 2. The zero-order valence-corrected chi connectivity index (χ0v) is 18.2. The molecule has 3 rings (SSSR count). The third-order valence-corrected chi connectivity index (χ3v) is 5.08. The highest BCUT2D eigenvalue weighted by molar-refractivity contribution is 5.95. The number of fused-ring (bicyclic) bond motifs is 1. The molecule has 0 spiro atoms. The summed E-state index contributed by atoms with van der Waals surface area (Å²) in [5.74, 6) is 6.37. The molecule has 2 aromatic rings. The maximum Gasteiger partial charge on any atom is 0.252 e. The summed E-state index contributed by atoms with van der Waals surface area (Å²) in [7, 11) is 0. The molecular weight excluding hydrogens is 384 g/mol. The SMILES string of the molecule is C#CC(NC(=O)c1ccc2c(c1)C=C(CNC#CCC)C(c1ccccc1)O2)C(C)C. The van der Waals surface area contributed by atoms with Crippen molar-refractivity contribution in [3.8, 4) is 30.1 Å². The number of hydrogen-bond acceptors (Lipinski definition) is 3. The first-order valence-electron chi connectivity index (χ1n) is 10.6. The average Bonchev–Trinajstić information content (AvgIpc) is 2.79. The molecule has 1 heterocycles. The Balaban J connectivity index is 1.89. The lowest BCUT2D eigenvalue weighted by molar-refractivity contribution is 0.0938. The van der Waals surface area contributed by atoms with Gasteiger partial charge < -0.3 is 15.4 Å². The van der Waals surface area contributed by atoms with E-state index in [1.165, 1.54) is 0 Å². The van der Waals surface area contributed by atoms with Crippen LogP contribution in [0.2, 0.25) is 0 Å². The topological polar surface area (TPSA) is 50.4 Å². The van der Waals surface area contributed by atoms with Crippen molar-refractivity contribution in [3.05, 3.63) is 70.8 Å². The average molecular weight is 413 g/mol. The second-order valence-corrected chi connectivity index (χ2v) is 7.75. The lowest BCUT2D eigenvalue weighted by Gasteiger charge is -2.28. The van der Waals surface area contributed by atoms with Gasteiger partial charge in [0, 0.05) is 30.1 Å². The van der Waals surface area contributed by atoms with Gasteiger partial charge >= 0.3 is 0 Å². The third kappa shape index (κ3) is 5.50. The number of rotatable bonds is 6. The van der Waals surface area contributed by atoms with Crippen LogP contribution in [0, 0.1) is 30.2 Å². The molecule has 31 heavy (non-hydrogen) atoms. The molecule has 1 aliphatic heterocycles. The third-order valence-electron chi connectivity index (χ3n) is 5.08. The number of carbonyl (C=O) groups excluding carboxylic acids is 1. The molecule has 2 atom stereocenters. The van der Waals surface area contributed by atoms with Crippen LogP contribution < -0.4 is 15.4 Å². The standard InChI is InChI=1S/C27H28N2O2/c1-5-7-15-28-18-23-17-22-16-21(27(30)29-24(6-2)19(3)4)13-14-25(22)31-26(23)20-11-9-8-10-12-20/h2,8-14,16-17,19,24,26,28H,5,18H2,1,3-4H3,(H,29,30). The molecule has 4 nitrogen and oxygen atoms in total. The van der Waals surface area contributed by atoms with E-state index >= 15 is 0 Å². The highest BCUT2D eigenvalue weighted by atomic mass is 16.5. The molecule has 0 aliphatic carbocycles.